The number of rotatable bonds is 10. The number of aliphatic hydroxyl groups excluding tert-OH is 1. The van der Waals surface area contributed by atoms with E-state index in [0.717, 1.165) is 37.3 Å². The van der Waals surface area contributed by atoms with Crippen molar-refractivity contribution in [2.45, 2.75) is 64.8 Å². The highest BCUT2D eigenvalue weighted by atomic mass is 16.2. The molecule has 2 N–H and O–H groups in total. The molecule has 1 saturated carbocycles. The summed E-state index contributed by atoms with van der Waals surface area (Å²) in [7, 11) is 2.26. The third kappa shape index (κ3) is 6.55. The third-order valence-electron chi connectivity index (χ3n) is 4.88. The van der Waals surface area contributed by atoms with Crippen LogP contribution in [0.4, 0.5) is 0 Å². The van der Waals surface area contributed by atoms with E-state index in [1.807, 2.05) is 0 Å². The number of hydrogen-bond acceptors (Lipinski definition) is 3. The van der Waals surface area contributed by atoms with Gasteiger partial charge in [-0.25, -0.2) is 0 Å². The fraction of sp³-hybridized carbons (Fsp3) is 1.00. The Hall–Kier alpha value is -0.120. The molecule has 1 aliphatic rings. The van der Waals surface area contributed by atoms with Crippen LogP contribution in [-0.2, 0) is 0 Å². The van der Waals surface area contributed by atoms with E-state index >= 15 is 0 Å². The summed E-state index contributed by atoms with van der Waals surface area (Å²) in [6, 6.07) is 0.725. The quantitative estimate of drug-likeness (QED) is 0.606. The van der Waals surface area contributed by atoms with Gasteiger partial charge in [0.05, 0.1) is 0 Å². The van der Waals surface area contributed by atoms with Crippen LogP contribution in [0.15, 0.2) is 0 Å². The van der Waals surface area contributed by atoms with E-state index in [2.05, 4.69) is 31.1 Å². The summed E-state index contributed by atoms with van der Waals surface area (Å²) in [6.45, 7) is 8.40. The van der Waals surface area contributed by atoms with Gasteiger partial charge in [-0.05, 0) is 70.5 Å². The normalized spacial score (nSPS) is 27.1. The Morgan fingerprint density at radius 1 is 1.15 bits per heavy atom. The number of hydrogen-bond donors (Lipinski definition) is 2. The Kier molecular flexibility index (Phi) is 9.49. The molecule has 20 heavy (non-hydrogen) atoms. The first-order valence-corrected chi connectivity index (χ1v) is 8.74. The van der Waals surface area contributed by atoms with Gasteiger partial charge in [0, 0.05) is 19.2 Å². The molecule has 0 aromatic heterocycles. The summed E-state index contributed by atoms with van der Waals surface area (Å²) >= 11 is 0. The summed E-state index contributed by atoms with van der Waals surface area (Å²) in [5.41, 5.74) is 0. The topological polar surface area (TPSA) is 35.5 Å². The monoisotopic (exact) mass is 284 g/mol. The lowest BCUT2D eigenvalue weighted by molar-refractivity contribution is 0.151. The first-order chi connectivity index (χ1) is 9.71. The van der Waals surface area contributed by atoms with Gasteiger partial charge in [-0.2, -0.15) is 0 Å². The van der Waals surface area contributed by atoms with Gasteiger partial charge >= 0.3 is 0 Å². The van der Waals surface area contributed by atoms with Crippen molar-refractivity contribution in [2.24, 2.45) is 11.8 Å². The molecule has 1 rings (SSSR count). The second kappa shape index (κ2) is 10.6. The predicted octanol–water partition coefficient (Wildman–Crippen LogP) is 2.89. The lowest BCUT2D eigenvalue weighted by atomic mass is 9.76. The minimum Gasteiger partial charge on any atom is -0.396 e. The van der Waals surface area contributed by atoms with Gasteiger partial charge in [0.1, 0.15) is 0 Å². The number of nitrogens with one attached hydrogen (secondary N) is 1. The summed E-state index contributed by atoms with van der Waals surface area (Å²) in [5, 5.41) is 12.5. The lowest BCUT2D eigenvalue weighted by Crippen LogP contribution is -2.45. The molecule has 0 aliphatic heterocycles. The van der Waals surface area contributed by atoms with Crippen LogP contribution in [0.5, 0.6) is 0 Å². The van der Waals surface area contributed by atoms with Crippen LogP contribution in [0.25, 0.3) is 0 Å². The molecule has 1 aliphatic carbocycles. The predicted molar refractivity (Wildman–Crippen MR) is 87.0 cm³/mol. The SMILES string of the molecule is CCNC1CCC(CC)CC1CN(C)CCCCCO. The maximum absolute atomic E-state index is 8.82. The summed E-state index contributed by atoms with van der Waals surface area (Å²) in [5.74, 6) is 1.76. The number of aliphatic hydroxyl groups is 1. The van der Waals surface area contributed by atoms with Crippen LogP contribution in [0.1, 0.15) is 58.8 Å². The van der Waals surface area contributed by atoms with Crippen LogP contribution >= 0.6 is 0 Å². The first-order valence-electron chi connectivity index (χ1n) is 8.74. The zero-order chi connectivity index (χ0) is 14.8. The Balaban J connectivity index is 2.34. The van der Waals surface area contributed by atoms with Crippen LogP contribution in [0.3, 0.4) is 0 Å². The second-order valence-electron chi connectivity index (χ2n) is 6.56. The highest BCUT2D eigenvalue weighted by Gasteiger charge is 2.29. The van der Waals surface area contributed by atoms with Crippen molar-refractivity contribution in [1.82, 2.24) is 10.2 Å². The van der Waals surface area contributed by atoms with Crippen LogP contribution in [0.2, 0.25) is 0 Å². The van der Waals surface area contributed by atoms with E-state index in [0.29, 0.717) is 6.61 Å². The van der Waals surface area contributed by atoms with Gasteiger partial charge in [-0.15, -0.1) is 0 Å². The van der Waals surface area contributed by atoms with E-state index in [-0.39, 0.29) is 0 Å². The maximum atomic E-state index is 8.82. The van der Waals surface area contributed by atoms with E-state index in [4.69, 9.17) is 5.11 Å². The molecule has 0 saturated heterocycles. The molecule has 0 aromatic rings. The van der Waals surface area contributed by atoms with E-state index in [1.54, 1.807) is 0 Å². The van der Waals surface area contributed by atoms with Crippen molar-refractivity contribution in [3.8, 4) is 0 Å². The molecule has 120 valence electrons. The molecule has 0 heterocycles. The molecule has 0 aromatic carbocycles. The molecule has 1 fully saturated rings. The Bertz CT molecular complexity index is 235. The molecular weight excluding hydrogens is 248 g/mol. The number of unbranched alkanes of at least 4 members (excludes halogenated alkanes) is 2. The van der Waals surface area contributed by atoms with E-state index < -0.39 is 0 Å². The molecular formula is C17H36N2O. The van der Waals surface area contributed by atoms with Crippen LogP contribution in [0, 0.1) is 11.8 Å². The zero-order valence-corrected chi connectivity index (χ0v) is 13.9. The van der Waals surface area contributed by atoms with Crippen molar-refractivity contribution >= 4 is 0 Å². The molecule has 0 radical (unpaired) electrons. The standard InChI is InChI=1S/C17H36N2O/c1-4-15-9-10-17(18-5-2)16(13-15)14-19(3)11-7-6-8-12-20/h15-18,20H,4-14H2,1-3H3. The van der Waals surface area contributed by atoms with Crippen molar-refractivity contribution in [3.63, 3.8) is 0 Å². The average molecular weight is 284 g/mol. The zero-order valence-electron chi connectivity index (χ0n) is 13.9. The first kappa shape index (κ1) is 17.9. The van der Waals surface area contributed by atoms with E-state index in [1.165, 1.54) is 45.2 Å². The number of nitrogens with zero attached hydrogens (tertiary/aromatic N) is 1. The molecule has 0 spiro atoms. The Morgan fingerprint density at radius 2 is 1.95 bits per heavy atom. The molecule has 3 nitrogen and oxygen atoms in total. The van der Waals surface area contributed by atoms with Gasteiger partial charge in [-0.1, -0.05) is 20.3 Å². The smallest absolute Gasteiger partial charge is 0.0431 e. The summed E-state index contributed by atoms with van der Waals surface area (Å²) in [4.78, 5) is 2.50. The van der Waals surface area contributed by atoms with Crippen molar-refractivity contribution in [1.29, 1.82) is 0 Å². The van der Waals surface area contributed by atoms with Gasteiger partial charge in [0.15, 0.2) is 0 Å². The lowest BCUT2D eigenvalue weighted by Gasteiger charge is -2.38. The van der Waals surface area contributed by atoms with E-state index in [9.17, 15) is 0 Å². The summed E-state index contributed by atoms with van der Waals surface area (Å²) in [6.07, 6.45) is 8.83. The summed E-state index contributed by atoms with van der Waals surface area (Å²) < 4.78 is 0. The Morgan fingerprint density at radius 3 is 2.60 bits per heavy atom. The highest BCUT2D eigenvalue weighted by Crippen LogP contribution is 2.31. The van der Waals surface area contributed by atoms with Crippen molar-refractivity contribution in [2.75, 3.05) is 33.3 Å². The molecule has 3 unspecified atom stereocenters. The highest BCUT2D eigenvalue weighted by molar-refractivity contribution is 4.85. The molecule has 3 heteroatoms. The molecule has 0 amide bonds. The minimum atomic E-state index is 0.340. The van der Waals surface area contributed by atoms with Gasteiger partial charge < -0.3 is 15.3 Å². The Labute approximate surface area is 126 Å². The van der Waals surface area contributed by atoms with Gasteiger partial charge in [-0.3, -0.25) is 0 Å². The van der Waals surface area contributed by atoms with Crippen LogP contribution < -0.4 is 5.32 Å². The molecule has 0 bridgehead atoms. The minimum absolute atomic E-state index is 0.340. The largest absolute Gasteiger partial charge is 0.396 e. The maximum Gasteiger partial charge on any atom is 0.0431 e. The fourth-order valence-corrected chi connectivity index (χ4v) is 3.63. The third-order valence-corrected chi connectivity index (χ3v) is 4.88. The average Bonchev–Trinajstić information content (AvgIpc) is 2.45. The van der Waals surface area contributed by atoms with Gasteiger partial charge in [0.25, 0.3) is 0 Å². The van der Waals surface area contributed by atoms with Crippen LogP contribution in [-0.4, -0.2) is 49.3 Å². The van der Waals surface area contributed by atoms with Gasteiger partial charge in [0.2, 0.25) is 0 Å². The fourth-order valence-electron chi connectivity index (χ4n) is 3.63. The van der Waals surface area contributed by atoms with Crippen molar-refractivity contribution < 1.29 is 5.11 Å². The second-order valence-corrected chi connectivity index (χ2v) is 6.56. The van der Waals surface area contributed by atoms with Crippen molar-refractivity contribution in [3.05, 3.63) is 0 Å². The molecule has 3 atom stereocenters.